The minimum absolute atomic E-state index is 0.434. The minimum Gasteiger partial charge on any atom is -0.349 e. The normalized spacial score (nSPS) is 21.7. The predicted molar refractivity (Wildman–Crippen MR) is 75.6 cm³/mol. The van der Waals surface area contributed by atoms with E-state index in [0.29, 0.717) is 13.2 Å². The predicted octanol–water partition coefficient (Wildman–Crippen LogP) is 1.97. The molecule has 2 fully saturated rings. The van der Waals surface area contributed by atoms with Gasteiger partial charge < -0.3 is 14.4 Å². The van der Waals surface area contributed by atoms with Gasteiger partial charge in [0.15, 0.2) is 11.6 Å². The zero-order valence-electron chi connectivity index (χ0n) is 11.3. The third-order valence-corrected chi connectivity index (χ3v) is 4.08. The molecule has 20 heavy (non-hydrogen) atoms. The largest absolute Gasteiger partial charge is 0.349 e. The Morgan fingerprint density at radius 2 is 2.00 bits per heavy atom. The summed E-state index contributed by atoms with van der Waals surface area (Å²) in [4.78, 5) is 2.24. The van der Waals surface area contributed by atoms with Crippen LogP contribution in [0.4, 0.5) is 5.82 Å². The Morgan fingerprint density at radius 3 is 2.90 bits per heavy atom. The second-order valence-electron chi connectivity index (χ2n) is 5.39. The third kappa shape index (κ3) is 1.94. The number of ether oxygens (including phenoxy) is 2. The van der Waals surface area contributed by atoms with Crippen LogP contribution in [-0.4, -0.2) is 42.3 Å². The van der Waals surface area contributed by atoms with Gasteiger partial charge >= 0.3 is 0 Å². The average molecular weight is 271 g/mol. The zero-order valence-corrected chi connectivity index (χ0v) is 11.3. The van der Waals surface area contributed by atoms with E-state index in [1.807, 2.05) is 12.1 Å². The Kier molecular flexibility index (Phi) is 2.82. The quantitative estimate of drug-likeness (QED) is 0.793. The highest BCUT2D eigenvalue weighted by molar-refractivity contribution is 5.91. The first-order valence-corrected chi connectivity index (χ1v) is 7.10. The molecule has 0 amide bonds. The molecule has 1 aromatic heterocycles. The smallest absolute Gasteiger partial charge is 0.186 e. The molecule has 0 saturated carbocycles. The lowest BCUT2D eigenvalue weighted by atomic mass is 10.0. The fourth-order valence-corrected chi connectivity index (χ4v) is 3.15. The number of rotatable bonds is 1. The highest BCUT2D eigenvalue weighted by Crippen LogP contribution is 2.33. The standard InChI is InChI=1S/C15H17N3O2/c1-2-5-13-12(4-1)10-16-17-14(13)18-7-3-6-15(11-18)19-8-9-20-15/h1-2,4-5,10H,3,6-9,11H2. The molecule has 0 radical (unpaired) electrons. The van der Waals surface area contributed by atoms with Gasteiger partial charge in [-0.05, 0) is 6.42 Å². The van der Waals surface area contributed by atoms with E-state index >= 15 is 0 Å². The summed E-state index contributed by atoms with van der Waals surface area (Å²) in [5, 5.41) is 10.7. The summed E-state index contributed by atoms with van der Waals surface area (Å²) in [5.41, 5.74) is 0. The van der Waals surface area contributed by atoms with Crippen LogP contribution in [-0.2, 0) is 9.47 Å². The van der Waals surface area contributed by atoms with Crippen molar-refractivity contribution in [2.75, 3.05) is 31.2 Å². The SMILES string of the molecule is c1ccc2c(N3CCCC4(C3)OCCO4)nncc2c1. The summed E-state index contributed by atoms with van der Waals surface area (Å²) < 4.78 is 11.7. The molecular weight excluding hydrogens is 254 g/mol. The fourth-order valence-electron chi connectivity index (χ4n) is 3.15. The molecule has 0 atom stereocenters. The number of hydrogen-bond acceptors (Lipinski definition) is 5. The van der Waals surface area contributed by atoms with Crippen molar-refractivity contribution in [1.29, 1.82) is 0 Å². The summed E-state index contributed by atoms with van der Waals surface area (Å²) in [6, 6.07) is 8.22. The molecule has 2 aromatic rings. The minimum atomic E-state index is -0.434. The molecule has 2 aliphatic heterocycles. The van der Waals surface area contributed by atoms with E-state index in [1.54, 1.807) is 6.20 Å². The Bertz CT molecular complexity index is 620. The summed E-state index contributed by atoms with van der Waals surface area (Å²) in [7, 11) is 0. The molecule has 5 nitrogen and oxygen atoms in total. The summed E-state index contributed by atoms with van der Waals surface area (Å²) >= 11 is 0. The number of nitrogens with zero attached hydrogens (tertiary/aromatic N) is 3. The van der Waals surface area contributed by atoms with E-state index in [4.69, 9.17) is 9.47 Å². The summed E-state index contributed by atoms with van der Waals surface area (Å²) in [5.74, 6) is 0.498. The van der Waals surface area contributed by atoms with Gasteiger partial charge in [-0.3, -0.25) is 0 Å². The van der Waals surface area contributed by atoms with Gasteiger partial charge in [0.1, 0.15) is 0 Å². The van der Waals surface area contributed by atoms with Crippen LogP contribution in [0.1, 0.15) is 12.8 Å². The summed E-state index contributed by atoms with van der Waals surface area (Å²) in [6.07, 6.45) is 3.81. The number of benzene rings is 1. The highest BCUT2D eigenvalue weighted by Gasteiger charge is 2.41. The molecule has 3 heterocycles. The van der Waals surface area contributed by atoms with Crippen LogP contribution >= 0.6 is 0 Å². The van der Waals surface area contributed by atoms with Crippen molar-refractivity contribution in [3.8, 4) is 0 Å². The molecule has 5 heteroatoms. The van der Waals surface area contributed by atoms with E-state index in [0.717, 1.165) is 42.5 Å². The van der Waals surface area contributed by atoms with E-state index < -0.39 is 5.79 Å². The van der Waals surface area contributed by atoms with Crippen molar-refractivity contribution in [2.45, 2.75) is 18.6 Å². The van der Waals surface area contributed by atoms with Crippen molar-refractivity contribution in [1.82, 2.24) is 10.2 Å². The van der Waals surface area contributed by atoms with Crippen LogP contribution < -0.4 is 4.90 Å². The topological polar surface area (TPSA) is 47.5 Å². The van der Waals surface area contributed by atoms with Crippen molar-refractivity contribution in [3.63, 3.8) is 0 Å². The highest BCUT2D eigenvalue weighted by atomic mass is 16.7. The molecule has 1 aromatic carbocycles. The first-order chi connectivity index (χ1) is 9.86. The van der Waals surface area contributed by atoms with Crippen LogP contribution in [0.5, 0.6) is 0 Å². The van der Waals surface area contributed by atoms with Gasteiger partial charge in [-0.1, -0.05) is 24.3 Å². The Morgan fingerprint density at radius 1 is 1.15 bits per heavy atom. The lowest BCUT2D eigenvalue weighted by Gasteiger charge is -2.39. The molecule has 4 rings (SSSR count). The van der Waals surface area contributed by atoms with Gasteiger partial charge in [0, 0.05) is 23.7 Å². The van der Waals surface area contributed by atoms with Crippen LogP contribution in [0.15, 0.2) is 30.5 Å². The number of piperidine rings is 1. The van der Waals surface area contributed by atoms with Gasteiger partial charge in [-0.15, -0.1) is 5.10 Å². The average Bonchev–Trinajstić information content (AvgIpc) is 2.94. The molecule has 104 valence electrons. The molecule has 0 unspecified atom stereocenters. The van der Waals surface area contributed by atoms with Crippen LogP contribution in [0, 0.1) is 0 Å². The van der Waals surface area contributed by atoms with E-state index in [9.17, 15) is 0 Å². The maximum atomic E-state index is 5.83. The van der Waals surface area contributed by atoms with E-state index in [-0.39, 0.29) is 0 Å². The molecule has 0 N–H and O–H groups in total. The number of hydrogen-bond donors (Lipinski definition) is 0. The molecule has 2 aliphatic rings. The summed E-state index contributed by atoms with van der Waals surface area (Å²) in [6.45, 7) is 3.08. The maximum Gasteiger partial charge on any atom is 0.186 e. The third-order valence-electron chi connectivity index (χ3n) is 4.08. The van der Waals surface area contributed by atoms with Crippen LogP contribution in [0.2, 0.25) is 0 Å². The van der Waals surface area contributed by atoms with E-state index in [1.165, 1.54) is 0 Å². The molecule has 1 spiro atoms. The van der Waals surface area contributed by atoms with Gasteiger partial charge in [-0.25, -0.2) is 0 Å². The maximum absolute atomic E-state index is 5.83. The fraction of sp³-hybridized carbons (Fsp3) is 0.467. The van der Waals surface area contributed by atoms with Gasteiger partial charge in [0.05, 0.1) is 26.0 Å². The second-order valence-corrected chi connectivity index (χ2v) is 5.39. The van der Waals surface area contributed by atoms with Crippen molar-refractivity contribution in [3.05, 3.63) is 30.5 Å². The Hall–Kier alpha value is -1.72. The number of anilines is 1. The number of fused-ring (bicyclic) bond motifs is 1. The molecule has 2 saturated heterocycles. The lowest BCUT2D eigenvalue weighted by Crippen LogP contribution is -2.49. The van der Waals surface area contributed by atoms with Crippen LogP contribution in [0.25, 0.3) is 10.8 Å². The molecule has 0 bridgehead atoms. The molecular formula is C15H17N3O2. The monoisotopic (exact) mass is 271 g/mol. The number of aromatic nitrogens is 2. The zero-order chi connectivity index (χ0) is 13.4. The lowest BCUT2D eigenvalue weighted by molar-refractivity contribution is -0.161. The second kappa shape index (κ2) is 4.68. The van der Waals surface area contributed by atoms with Crippen molar-refractivity contribution < 1.29 is 9.47 Å². The Labute approximate surface area is 117 Å². The van der Waals surface area contributed by atoms with Gasteiger partial charge in [0.2, 0.25) is 0 Å². The molecule has 0 aliphatic carbocycles. The first-order valence-electron chi connectivity index (χ1n) is 7.10. The van der Waals surface area contributed by atoms with E-state index in [2.05, 4.69) is 27.2 Å². The van der Waals surface area contributed by atoms with Gasteiger partial charge in [0.25, 0.3) is 0 Å². The van der Waals surface area contributed by atoms with Gasteiger partial charge in [-0.2, -0.15) is 5.10 Å². The van der Waals surface area contributed by atoms with Crippen molar-refractivity contribution in [2.24, 2.45) is 0 Å². The first kappa shape index (κ1) is 12.1. The Balaban J connectivity index is 1.72. The van der Waals surface area contributed by atoms with Crippen LogP contribution in [0.3, 0.4) is 0 Å². The van der Waals surface area contributed by atoms with Crippen molar-refractivity contribution >= 4 is 16.6 Å².